The van der Waals surface area contributed by atoms with Gasteiger partial charge in [0, 0.05) is 18.0 Å². The van der Waals surface area contributed by atoms with E-state index in [1.807, 2.05) is 10.6 Å². The Kier molecular flexibility index (Phi) is 4.34. The lowest BCUT2D eigenvalue weighted by Crippen LogP contribution is -2.23. The first-order valence-electron chi connectivity index (χ1n) is 10.1. The third-order valence-corrected chi connectivity index (χ3v) is 6.24. The molecule has 2 aliphatic rings. The second-order valence-electron chi connectivity index (χ2n) is 7.89. The minimum Gasteiger partial charge on any atom is -0.469 e. The van der Waals surface area contributed by atoms with Gasteiger partial charge in [-0.25, -0.2) is 14.5 Å². The number of hydrogen-bond donors (Lipinski definition) is 2. The summed E-state index contributed by atoms with van der Waals surface area (Å²) in [6.07, 6.45) is 5.69. The number of imidazole rings is 1. The van der Waals surface area contributed by atoms with E-state index in [-0.39, 0.29) is 23.8 Å². The molecule has 29 heavy (non-hydrogen) atoms. The molecule has 2 aromatic heterocycles. The van der Waals surface area contributed by atoms with Crippen molar-refractivity contribution >= 4 is 23.0 Å². The van der Waals surface area contributed by atoms with E-state index in [2.05, 4.69) is 33.6 Å². The van der Waals surface area contributed by atoms with Crippen LogP contribution in [0.5, 0.6) is 0 Å². The quantitative estimate of drug-likeness (QED) is 0.660. The topological polar surface area (TPSA) is 107 Å². The summed E-state index contributed by atoms with van der Waals surface area (Å²) in [6, 6.07) is 8.34. The number of carbonyl (C=O) groups excluding carboxylic acids is 1. The molecule has 0 amide bonds. The second-order valence-corrected chi connectivity index (χ2v) is 7.89. The van der Waals surface area contributed by atoms with E-state index in [1.54, 1.807) is 0 Å². The van der Waals surface area contributed by atoms with Crippen molar-refractivity contribution in [2.24, 2.45) is 5.92 Å². The van der Waals surface area contributed by atoms with Gasteiger partial charge in [-0.15, -0.1) is 0 Å². The molecule has 0 radical (unpaired) electrons. The Balaban J connectivity index is 1.49. The highest BCUT2D eigenvalue weighted by molar-refractivity contribution is 5.73. The van der Waals surface area contributed by atoms with Crippen molar-refractivity contribution in [1.29, 1.82) is 0 Å². The molecule has 0 bridgehead atoms. The van der Waals surface area contributed by atoms with Crippen LogP contribution >= 0.6 is 0 Å². The van der Waals surface area contributed by atoms with E-state index in [0.717, 1.165) is 54.8 Å². The first-order valence-corrected chi connectivity index (χ1v) is 10.1. The number of anilines is 2. The third-order valence-electron chi connectivity index (χ3n) is 6.24. The summed E-state index contributed by atoms with van der Waals surface area (Å²) in [5.74, 6) is 1.44. The van der Waals surface area contributed by atoms with Crippen LogP contribution in [0.1, 0.15) is 54.7 Å². The molecule has 3 heterocycles. The van der Waals surface area contributed by atoms with Gasteiger partial charge in [0.2, 0.25) is 0 Å². The van der Waals surface area contributed by atoms with E-state index >= 15 is 0 Å². The van der Waals surface area contributed by atoms with Gasteiger partial charge in [-0.1, -0.05) is 18.2 Å². The number of methoxy groups -OCH3 is 1. The molecule has 1 saturated carbocycles. The summed E-state index contributed by atoms with van der Waals surface area (Å²) in [7, 11) is 1.45. The van der Waals surface area contributed by atoms with Gasteiger partial charge in [0.1, 0.15) is 17.7 Å². The number of benzene rings is 1. The Morgan fingerprint density at radius 1 is 1.24 bits per heavy atom. The highest BCUT2D eigenvalue weighted by Gasteiger charge is 2.33. The number of aromatic nitrogens is 4. The number of esters is 1. The molecule has 1 aromatic carbocycles. The first-order chi connectivity index (χ1) is 14.2. The number of nitrogens with zero attached hydrogens (tertiary/aromatic N) is 4. The maximum Gasteiger partial charge on any atom is 0.308 e. The van der Waals surface area contributed by atoms with Crippen molar-refractivity contribution in [3.63, 3.8) is 0 Å². The van der Waals surface area contributed by atoms with Crippen molar-refractivity contribution in [1.82, 2.24) is 19.6 Å². The molecule has 3 aromatic rings. The van der Waals surface area contributed by atoms with Crippen molar-refractivity contribution < 1.29 is 9.53 Å². The number of fused-ring (bicyclic) bond motifs is 2. The molecule has 0 saturated heterocycles. The normalized spacial score (nSPS) is 23.6. The molecule has 0 spiro atoms. The molecule has 1 fully saturated rings. The van der Waals surface area contributed by atoms with Crippen LogP contribution in [0.15, 0.2) is 30.6 Å². The zero-order valence-electron chi connectivity index (χ0n) is 16.3. The van der Waals surface area contributed by atoms with Crippen LogP contribution in [0, 0.1) is 5.92 Å². The number of ether oxygens (including phenoxy) is 1. The summed E-state index contributed by atoms with van der Waals surface area (Å²) in [4.78, 5) is 21.1. The van der Waals surface area contributed by atoms with Crippen LogP contribution in [-0.2, 0) is 16.0 Å². The van der Waals surface area contributed by atoms with Crippen LogP contribution in [0.3, 0.4) is 0 Å². The fourth-order valence-corrected chi connectivity index (χ4v) is 4.73. The number of nitrogens with two attached hydrogens (primary N) is 1. The Bertz CT molecular complexity index is 1050. The smallest absolute Gasteiger partial charge is 0.308 e. The first kappa shape index (κ1) is 17.9. The van der Waals surface area contributed by atoms with Crippen molar-refractivity contribution in [3.8, 4) is 0 Å². The monoisotopic (exact) mass is 392 g/mol. The van der Waals surface area contributed by atoms with Crippen molar-refractivity contribution in [2.45, 2.75) is 44.1 Å². The highest BCUT2D eigenvalue weighted by Crippen LogP contribution is 2.40. The van der Waals surface area contributed by atoms with Crippen LogP contribution in [-0.4, -0.2) is 32.7 Å². The lowest BCUT2D eigenvalue weighted by molar-refractivity contribution is -0.146. The molecule has 3 N–H and O–H groups in total. The minimum absolute atomic E-state index is 0.0207. The Morgan fingerprint density at radius 2 is 2.03 bits per heavy atom. The van der Waals surface area contributed by atoms with Gasteiger partial charge in [0.15, 0.2) is 5.82 Å². The predicted molar refractivity (Wildman–Crippen MR) is 108 cm³/mol. The molecule has 1 atom stereocenters. The van der Waals surface area contributed by atoms with Gasteiger partial charge in [-0.2, -0.15) is 5.10 Å². The predicted octanol–water partition coefficient (Wildman–Crippen LogP) is 2.86. The molecule has 8 heteroatoms. The number of hydrogen-bond acceptors (Lipinski definition) is 7. The Morgan fingerprint density at radius 3 is 2.79 bits per heavy atom. The molecular formula is C21H24N6O2. The molecule has 150 valence electrons. The van der Waals surface area contributed by atoms with Gasteiger partial charge in [-0.3, -0.25) is 4.79 Å². The molecular weight excluding hydrogens is 368 g/mol. The second kappa shape index (κ2) is 7.02. The summed E-state index contributed by atoms with van der Waals surface area (Å²) < 4.78 is 6.77. The number of rotatable bonds is 3. The van der Waals surface area contributed by atoms with E-state index in [9.17, 15) is 4.79 Å². The van der Waals surface area contributed by atoms with Crippen LogP contribution in [0.4, 0.5) is 11.5 Å². The lowest BCUT2D eigenvalue weighted by atomic mass is 9.81. The summed E-state index contributed by atoms with van der Waals surface area (Å²) in [5, 5.41) is 8.04. The number of carbonyl (C=O) groups is 1. The summed E-state index contributed by atoms with van der Waals surface area (Å²) in [6.45, 7) is 0. The van der Waals surface area contributed by atoms with E-state index < -0.39 is 0 Å². The molecule has 8 nitrogen and oxygen atoms in total. The van der Waals surface area contributed by atoms with E-state index in [4.69, 9.17) is 15.5 Å². The average molecular weight is 392 g/mol. The fraction of sp³-hybridized carbons (Fsp3) is 0.429. The minimum atomic E-state index is -0.114. The van der Waals surface area contributed by atoms with Gasteiger partial charge in [0.25, 0.3) is 0 Å². The highest BCUT2D eigenvalue weighted by atomic mass is 16.5. The summed E-state index contributed by atoms with van der Waals surface area (Å²) in [5.41, 5.74) is 10.3. The van der Waals surface area contributed by atoms with Crippen LogP contribution < -0.4 is 11.1 Å². The molecule has 1 aliphatic carbocycles. The molecule has 1 unspecified atom stereocenters. The standard InChI is InChI=1S/C21H24N6O2/c1-29-21(28)13-8-6-12(7-9-13)20-26-17(18-19(22)23-11-24-27(18)20)16-10-14-4-2-3-5-15(14)25-16/h2-5,11-13,16,25H,6-10H2,1H3,(H2,22,23,24). The SMILES string of the molecule is COC(=O)C1CCC(c2nc(C3Cc4ccccc4N3)c3c(N)ncnn23)CC1. The van der Waals surface area contributed by atoms with Crippen LogP contribution in [0.25, 0.3) is 5.52 Å². The van der Waals surface area contributed by atoms with E-state index in [1.165, 1.54) is 19.0 Å². The third kappa shape index (κ3) is 2.99. The zero-order valence-corrected chi connectivity index (χ0v) is 16.3. The maximum atomic E-state index is 11.9. The lowest BCUT2D eigenvalue weighted by Gasteiger charge is -2.25. The Labute approximate surface area is 168 Å². The van der Waals surface area contributed by atoms with Gasteiger partial charge in [0.05, 0.1) is 24.8 Å². The van der Waals surface area contributed by atoms with E-state index in [0.29, 0.717) is 5.82 Å². The largest absolute Gasteiger partial charge is 0.469 e. The maximum absolute atomic E-state index is 11.9. The molecule has 5 rings (SSSR count). The van der Waals surface area contributed by atoms with Crippen molar-refractivity contribution in [3.05, 3.63) is 47.7 Å². The van der Waals surface area contributed by atoms with Gasteiger partial charge < -0.3 is 15.8 Å². The average Bonchev–Trinajstić information content (AvgIpc) is 3.35. The zero-order chi connectivity index (χ0) is 20.0. The summed E-state index contributed by atoms with van der Waals surface area (Å²) >= 11 is 0. The van der Waals surface area contributed by atoms with Gasteiger partial charge in [-0.05, 0) is 37.3 Å². The Hall–Kier alpha value is -3.16. The van der Waals surface area contributed by atoms with Crippen molar-refractivity contribution in [2.75, 3.05) is 18.2 Å². The van der Waals surface area contributed by atoms with Crippen LogP contribution in [0.2, 0.25) is 0 Å². The number of nitrogens with one attached hydrogen (secondary N) is 1. The fourth-order valence-electron chi connectivity index (χ4n) is 4.73. The number of nitrogen functional groups attached to an aromatic ring is 1. The number of para-hydroxylation sites is 1. The molecule has 1 aliphatic heterocycles. The van der Waals surface area contributed by atoms with Gasteiger partial charge >= 0.3 is 5.97 Å².